The van der Waals surface area contributed by atoms with E-state index in [-0.39, 0.29) is 11.8 Å². The molecule has 1 N–H and O–H groups in total. The van der Waals surface area contributed by atoms with Crippen molar-refractivity contribution < 1.29 is 14.3 Å². The first-order chi connectivity index (χ1) is 17.2. The average Bonchev–Trinajstić information content (AvgIpc) is 3.42. The van der Waals surface area contributed by atoms with Gasteiger partial charge in [0.25, 0.3) is 11.8 Å². The van der Waals surface area contributed by atoms with Crippen molar-refractivity contribution in [3.05, 3.63) is 114 Å². The standard InChI is InChI=1S/C28H26N4O3/c33-27(23-12-6-7-15-30-23)31-28(34)26-22-11-5-4-8-20(22)13-14-24(26)35-25(18-32-17-16-29-19-32)21-9-2-1-3-10-21/h1-3,6-7,9-10,12-17,19,25H,4-5,8,11,18H2,(H,31,33,34)/t25-/m1/s1. The van der Waals surface area contributed by atoms with Crippen LogP contribution in [0.15, 0.2) is 85.6 Å². The molecule has 4 aromatic rings. The average molecular weight is 467 g/mol. The Morgan fingerprint density at radius 2 is 1.77 bits per heavy atom. The van der Waals surface area contributed by atoms with Gasteiger partial charge in [0, 0.05) is 18.6 Å². The van der Waals surface area contributed by atoms with Crippen LogP contribution >= 0.6 is 0 Å². The number of carbonyl (C=O) groups is 2. The SMILES string of the molecule is O=C(NC(=O)c1c(O[C@H](Cn2ccnc2)c2ccccc2)ccc2c1CCCC2)c1ccccn1. The molecule has 7 nitrogen and oxygen atoms in total. The lowest BCUT2D eigenvalue weighted by molar-refractivity contribution is 0.0841. The second-order valence-electron chi connectivity index (χ2n) is 8.56. The number of fused-ring (bicyclic) bond motifs is 1. The Morgan fingerprint density at radius 3 is 2.54 bits per heavy atom. The van der Waals surface area contributed by atoms with Gasteiger partial charge in [0.1, 0.15) is 17.5 Å². The topological polar surface area (TPSA) is 86.1 Å². The molecule has 0 bridgehead atoms. The Hall–Kier alpha value is -4.26. The molecular weight excluding hydrogens is 440 g/mol. The number of hydrogen-bond acceptors (Lipinski definition) is 5. The number of ether oxygens (including phenoxy) is 1. The highest BCUT2D eigenvalue weighted by molar-refractivity contribution is 6.11. The summed E-state index contributed by atoms with van der Waals surface area (Å²) in [5.41, 5.74) is 3.68. The van der Waals surface area contributed by atoms with E-state index in [1.807, 2.05) is 53.2 Å². The zero-order valence-electron chi connectivity index (χ0n) is 19.3. The smallest absolute Gasteiger partial charge is 0.276 e. The Labute approximate surface area is 203 Å². The molecule has 0 aliphatic heterocycles. The molecule has 0 saturated heterocycles. The van der Waals surface area contributed by atoms with Crippen molar-refractivity contribution in [3.63, 3.8) is 0 Å². The summed E-state index contributed by atoms with van der Waals surface area (Å²) >= 11 is 0. The van der Waals surface area contributed by atoms with Gasteiger partial charge in [0.2, 0.25) is 0 Å². The number of carbonyl (C=O) groups excluding carboxylic acids is 2. The largest absolute Gasteiger partial charge is 0.483 e. The van der Waals surface area contributed by atoms with Crippen LogP contribution in [0.3, 0.4) is 0 Å². The quantitative estimate of drug-likeness (QED) is 0.404. The Balaban J connectivity index is 1.50. The van der Waals surface area contributed by atoms with Crippen LogP contribution in [0.2, 0.25) is 0 Å². The Morgan fingerprint density at radius 1 is 0.943 bits per heavy atom. The molecule has 176 valence electrons. The van der Waals surface area contributed by atoms with Gasteiger partial charge in [-0.15, -0.1) is 0 Å². The number of aryl methyl sites for hydroxylation is 1. The van der Waals surface area contributed by atoms with Crippen LogP contribution in [0.25, 0.3) is 0 Å². The maximum absolute atomic E-state index is 13.5. The van der Waals surface area contributed by atoms with Crippen LogP contribution in [-0.2, 0) is 19.4 Å². The van der Waals surface area contributed by atoms with Crippen molar-refractivity contribution >= 4 is 11.8 Å². The molecule has 5 rings (SSSR count). The van der Waals surface area contributed by atoms with Gasteiger partial charge in [-0.1, -0.05) is 42.5 Å². The number of pyridine rings is 1. The van der Waals surface area contributed by atoms with Gasteiger partial charge in [0.15, 0.2) is 0 Å². The lowest BCUT2D eigenvalue weighted by Crippen LogP contribution is -2.33. The first kappa shape index (κ1) is 22.5. The molecule has 1 aliphatic carbocycles. The van der Waals surface area contributed by atoms with Crippen molar-refractivity contribution in [1.29, 1.82) is 0 Å². The maximum Gasteiger partial charge on any atom is 0.276 e. The van der Waals surface area contributed by atoms with Gasteiger partial charge in [-0.3, -0.25) is 19.9 Å². The van der Waals surface area contributed by atoms with Crippen LogP contribution in [0.1, 0.15) is 56.5 Å². The van der Waals surface area contributed by atoms with E-state index in [1.165, 1.54) is 6.20 Å². The van der Waals surface area contributed by atoms with Crippen LogP contribution < -0.4 is 10.1 Å². The molecule has 35 heavy (non-hydrogen) atoms. The van der Waals surface area contributed by atoms with E-state index < -0.39 is 11.8 Å². The number of rotatable bonds is 7. The number of amides is 2. The minimum absolute atomic E-state index is 0.190. The van der Waals surface area contributed by atoms with Gasteiger partial charge >= 0.3 is 0 Å². The van der Waals surface area contributed by atoms with Crippen molar-refractivity contribution in [3.8, 4) is 5.75 Å². The molecule has 0 saturated carbocycles. The molecule has 2 aromatic heterocycles. The summed E-state index contributed by atoms with van der Waals surface area (Å²) in [5, 5.41) is 2.53. The third-order valence-corrected chi connectivity index (χ3v) is 6.22. The molecule has 1 aliphatic rings. The van der Waals surface area contributed by atoms with E-state index >= 15 is 0 Å². The van der Waals surface area contributed by atoms with E-state index in [1.54, 1.807) is 30.7 Å². The first-order valence-corrected chi connectivity index (χ1v) is 11.8. The number of aromatic nitrogens is 3. The number of nitrogens with one attached hydrogen (secondary N) is 1. The molecule has 0 radical (unpaired) electrons. The fourth-order valence-corrected chi connectivity index (χ4v) is 4.50. The molecule has 2 amide bonds. The fourth-order valence-electron chi connectivity index (χ4n) is 4.50. The summed E-state index contributed by atoms with van der Waals surface area (Å²) in [6, 6.07) is 18.8. The monoisotopic (exact) mass is 466 g/mol. The van der Waals surface area contributed by atoms with Crippen LogP contribution in [-0.4, -0.2) is 26.3 Å². The van der Waals surface area contributed by atoms with Gasteiger partial charge < -0.3 is 9.30 Å². The first-order valence-electron chi connectivity index (χ1n) is 11.8. The van der Waals surface area contributed by atoms with E-state index in [9.17, 15) is 9.59 Å². The summed E-state index contributed by atoms with van der Waals surface area (Å²) in [6.07, 6.45) is 10.3. The summed E-state index contributed by atoms with van der Waals surface area (Å²) < 4.78 is 8.49. The fraction of sp³-hybridized carbons (Fsp3) is 0.214. The second kappa shape index (κ2) is 10.3. The van der Waals surface area contributed by atoms with Crippen molar-refractivity contribution in [2.75, 3.05) is 0 Å². The third kappa shape index (κ3) is 5.14. The number of imidazole rings is 1. The van der Waals surface area contributed by atoms with Gasteiger partial charge in [-0.05, 0) is 60.6 Å². The molecular formula is C28H26N4O3. The Bertz CT molecular complexity index is 1310. The van der Waals surface area contributed by atoms with E-state index in [2.05, 4.69) is 15.3 Å². The highest BCUT2D eigenvalue weighted by Gasteiger charge is 2.26. The molecule has 0 fully saturated rings. The third-order valence-electron chi connectivity index (χ3n) is 6.22. The van der Waals surface area contributed by atoms with Gasteiger partial charge in [0.05, 0.1) is 18.4 Å². The van der Waals surface area contributed by atoms with Crippen LogP contribution in [0.4, 0.5) is 0 Å². The van der Waals surface area contributed by atoms with Crippen molar-refractivity contribution in [1.82, 2.24) is 19.9 Å². The molecule has 2 heterocycles. The lowest BCUT2D eigenvalue weighted by atomic mass is 9.87. The lowest BCUT2D eigenvalue weighted by Gasteiger charge is -2.25. The normalized spacial score (nSPS) is 13.5. The number of nitrogens with zero attached hydrogens (tertiary/aromatic N) is 3. The molecule has 0 unspecified atom stereocenters. The highest BCUT2D eigenvalue weighted by atomic mass is 16.5. The maximum atomic E-state index is 13.5. The molecule has 7 heteroatoms. The second-order valence-corrected chi connectivity index (χ2v) is 8.56. The molecule has 0 spiro atoms. The zero-order chi connectivity index (χ0) is 24.0. The molecule has 1 atom stereocenters. The van der Waals surface area contributed by atoms with Crippen molar-refractivity contribution in [2.24, 2.45) is 0 Å². The minimum Gasteiger partial charge on any atom is -0.483 e. The summed E-state index contributed by atoms with van der Waals surface area (Å²) in [7, 11) is 0. The number of benzene rings is 2. The number of imide groups is 1. The van der Waals surface area contributed by atoms with Crippen LogP contribution in [0.5, 0.6) is 5.75 Å². The summed E-state index contributed by atoms with van der Waals surface area (Å²) in [6.45, 7) is 0.523. The van der Waals surface area contributed by atoms with Crippen LogP contribution in [0, 0.1) is 0 Å². The highest BCUT2D eigenvalue weighted by Crippen LogP contribution is 2.34. The number of hydrogen-bond donors (Lipinski definition) is 1. The minimum atomic E-state index is -0.534. The van der Waals surface area contributed by atoms with E-state index in [0.29, 0.717) is 17.9 Å². The van der Waals surface area contributed by atoms with E-state index in [4.69, 9.17) is 4.74 Å². The van der Waals surface area contributed by atoms with E-state index in [0.717, 1.165) is 42.4 Å². The Kier molecular flexibility index (Phi) is 6.66. The van der Waals surface area contributed by atoms with Crippen molar-refractivity contribution in [2.45, 2.75) is 38.3 Å². The van der Waals surface area contributed by atoms with Gasteiger partial charge in [-0.2, -0.15) is 0 Å². The predicted octanol–water partition coefficient (Wildman–Crippen LogP) is 4.55. The zero-order valence-corrected chi connectivity index (χ0v) is 19.3. The molecule has 2 aromatic carbocycles. The summed E-state index contributed by atoms with van der Waals surface area (Å²) in [4.78, 5) is 34.4. The predicted molar refractivity (Wildman–Crippen MR) is 131 cm³/mol. The van der Waals surface area contributed by atoms with Gasteiger partial charge in [-0.25, -0.2) is 4.98 Å². The summed E-state index contributed by atoms with van der Waals surface area (Å²) in [5.74, 6) is -0.539.